The molecule has 2 N–H and O–H groups in total. The van der Waals surface area contributed by atoms with Gasteiger partial charge in [-0.05, 0) is 18.4 Å². The summed E-state index contributed by atoms with van der Waals surface area (Å²) in [5.74, 6) is 1.13. The van der Waals surface area contributed by atoms with E-state index in [0.29, 0.717) is 23.4 Å². The van der Waals surface area contributed by atoms with Crippen molar-refractivity contribution in [3.8, 4) is 5.88 Å². The summed E-state index contributed by atoms with van der Waals surface area (Å²) in [5, 5.41) is 0. The Labute approximate surface area is 102 Å². The van der Waals surface area contributed by atoms with Crippen molar-refractivity contribution in [2.45, 2.75) is 26.7 Å². The first-order valence-electron chi connectivity index (χ1n) is 5.52. The molecule has 1 unspecified atom stereocenters. The normalized spacial score (nSPS) is 12.1. The van der Waals surface area contributed by atoms with E-state index < -0.39 is 0 Å². The van der Waals surface area contributed by atoms with Gasteiger partial charge in [0.05, 0.1) is 6.61 Å². The van der Waals surface area contributed by atoms with Gasteiger partial charge in [-0.15, -0.1) is 0 Å². The third-order valence-electron chi connectivity index (χ3n) is 2.32. The molecular weight excluding hydrogens is 220 g/mol. The minimum atomic E-state index is 0.369. The van der Waals surface area contributed by atoms with E-state index in [9.17, 15) is 0 Å². The Morgan fingerprint density at radius 3 is 3.00 bits per heavy atom. The molecule has 0 saturated carbocycles. The summed E-state index contributed by atoms with van der Waals surface area (Å²) < 4.78 is 5.58. The third kappa shape index (κ3) is 4.14. The summed E-state index contributed by atoms with van der Waals surface area (Å²) in [6, 6.07) is 3.56. The van der Waals surface area contributed by atoms with Gasteiger partial charge in [0.25, 0.3) is 0 Å². The van der Waals surface area contributed by atoms with E-state index in [4.69, 9.17) is 22.7 Å². The van der Waals surface area contributed by atoms with Crippen LogP contribution in [0.25, 0.3) is 0 Å². The second kappa shape index (κ2) is 6.43. The second-order valence-electron chi connectivity index (χ2n) is 3.95. The summed E-state index contributed by atoms with van der Waals surface area (Å²) >= 11 is 4.89. The predicted molar refractivity (Wildman–Crippen MR) is 69.7 cm³/mol. The monoisotopic (exact) mass is 238 g/mol. The lowest BCUT2D eigenvalue weighted by molar-refractivity contribution is 0.243. The lowest BCUT2D eigenvalue weighted by Crippen LogP contribution is -2.12. The summed E-state index contributed by atoms with van der Waals surface area (Å²) in [7, 11) is 0. The highest BCUT2D eigenvalue weighted by Gasteiger charge is 2.04. The zero-order valence-corrected chi connectivity index (χ0v) is 10.6. The van der Waals surface area contributed by atoms with Crippen molar-refractivity contribution >= 4 is 17.2 Å². The number of rotatable bonds is 6. The van der Waals surface area contributed by atoms with Gasteiger partial charge in [0.15, 0.2) is 0 Å². The van der Waals surface area contributed by atoms with Gasteiger partial charge in [0.2, 0.25) is 5.88 Å². The Kier molecular flexibility index (Phi) is 5.19. The number of aromatic nitrogens is 1. The molecule has 0 radical (unpaired) electrons. The topological polar surface area (TPSA) is 48.1 Å². The molecule has 1 aromatic rings. The first-order chi connectivity index (χ1) is 7.63. The molecule has 1 atom stereocenters. The summed E-state index contributed by atoms with van der Waals surface area (Å²) in [6.45, 7) is 5.02. The molecule has 0 aliphatic heterocycles. The fraction of sp³-hybridized carbons (Fsp3) is 0.500. The number of hydrogen-bond donors (Lipinski definition) is 1. The van der Waals surface area contributed by atoms with E-state index in [0.717, 1.165) is 12.0 Å². The quantitative estimate of drug-likeness (QED) is 0.774. The van der Waals surface area contributed by atoms with Crippen LogP contribution in [-0.4, -0.2) is 16.6 Å². The summed E-state index contributed by atoms with van der Waals surface area (Å²) in [6.07, 6.45) is 3.99. The van der Waals surface area contributed by atoms with Gasteiger partial charge in [-0.25, -0.2) is 4.98 Å². The second-order valence-corrected chi connectivity index (χ2v) is 4.39. The lowest BCUT2D eigenvalue weighted by atomic mass is 10.1. The first kappa shape index (κ1) is 12.9. The van der Waals surface area contributed by atoms with Crippen molar-refractivity contribution in [2.24, 2.45) is 11.7 Å². The van der Waals surface area contributed by atoms with E-state index in [1.54, 1.807) is 18.3 Å². The van der Waals surface area contributed by atoms with Gasteiger partial charge in [-0.3, -0.25) is 0 Å². The van der Waals surface area contributed by atoms with E-state index in [1.165, 1.54) is 6.42 Å². The number of hydrogen-bond acceptors (Lipinski definition) is 3. The average Bonchev–Trinajstić information content (AvgIpc) is 2.27. The maximum atomic E-state index is 5.58. The molecule has 3 nitrogen and oxygen atoms in total. The van der Waals surface area contributed by atoms with Crippen LogP contribution in [-0.2, 0) is 0 Å². The molecule has 4 heteroatoms. The largest absolute Gasteiger partial charge is 0.477 e. The average molecular weight is 238 g/mol. The molecule has 0 fully saturated rings. The maximum absolute atomic E-state index is 5.58. The van der Waals surface area contributed by atoms with Gasteiger partial charge in [0.1, 0.15) is 4.99 Å². The molecule has 0 aliphatic rings. The van der Waals surface area contributed by atoms with Gasteiger partial charge < -0.3 is 10.5 Å². The minimum Gasteiger partial charge on any atom is -0.477 e. The zero-order valence-electron chi connectivity index (χ0n) is 9.77. The molecule has 1 rings (SSSR count). The molecule has 1 aromatic heterocycles. The molecule has 0 saturated heterocycles. The van der Waals surface area contributed by atoms with Crippen LogP contribution < -0.4 is 10.5 Å². The Balaban J connectivity index is 2.54. The minimum absolute atomic E-state index is 0.369. The Hall–Kier alpha value is -1.16. The third-order valence-corrected chi connectivity index (χ3v) is 2.55. The van der Waals surface area contributed by atoms with E-state index >= 15 is 0 Å². The fourth-order valence-corrected chi connectivity index (χ4v) is 1.57. The van der Waals surface area contributed by atoms with Gasteiger partial charge in [0, 0.05) is 17.8 Å². The SMILES string of the molecule is CCCC(C)COc1cc(C(N)=S)ccn1. The van der Waals surface area contributed by atoms with Gasteiger partial charge >= 0.3 is 0 Å². The van der Waals surface area contributed by atoms with Crippen molar-refractivity contribution in [1.82, 2.24) is 4.98 Å². The molecule has 1 heterocycles. The standard InChI is InChI=1S/C12H18N2OS/c1-3-4-9(2)8-15-11-7-10(12(13)16)5-6-14-11/h5-7,9H,3-4,8H2,1-2H3,(H2,13,16). The number of nitrogens with two attached hydrogens (primary N) is 1. The maximum Gasteiger partial charge on any atom is 0.213 e. The molecule has 88 valence electrons. The van der Waals surface area contributed by atoms with Crippen molar-refractivity contribution in [2.75, 3.05) is 6.61 Å². The van der Waals surface area contributed by atoms with Gasteiger partial charge in [-0.2, -0.15) is 0 Å². The van der Waals surface area contributed by atoms with Crippen LogP contribution in [0.5, 0.6) is 5.88 Å². The molecule has 0 amide bonds. The smallest absolute Gasteiger partial charge is 0.213 e. The van der Waals surface area contributed by atoms with Crippen molar-refractivity contribution in [3.63, 3.8) is 0 Å². The van der Waals surface area contributed by atoms with Crippen LogP contribution in [0.15, 0.2) is 18.3 Å². The number of nitrogens with zero attached hydrogens (tertiary/aromatic N) is 1. The Morgan fingerprint density at radius 1 is 1.62 bits per heavy atom. The molecular formula is C12H18N2OS. The predicted octanol–water partition coefficient (Wildman–Crippen LogP) is 2.53. The number of pyridine rings is 1. The Bertz CT molecular complexity index is 355. The summed E-state index contributed by atoms with van der Waals surface area (Å²) in [5.41, 5.74) is 6.33. The van der Waals surface area contributed by atoms with Crippen molar-refractivity contribution in [1.29, 1.82) is 0 Å². The summed E-state index contributed by atoms with van der Waals surface area (Å²) in [4.78, 5) is 4.49. The number of thiocarbonyl (C=S) groups is 1. The first-order valence-corrected chi connectivity index (χ1v) is 5.93. The van der Waals surface area contributed by atoms with Crippen molar-refractivity contribution < 1.29 is 4.74 Å². The molecule has 0 aromatic carbocycles. The van der Waals surface area contributed by atoms with E-state index in [-0.39, 0.29) is 0 Å². The molecule has 16 heavy (non-hydrogen) atoms. The van der Waals surface area contributed by atoms with Crippen LogP contribution in [0.1, 0.15) is 32.3 Å². The van der Waals surface area contributed by atoms with E-state index in [2.05, 4.69) is 18.8 Å². The van der Waals surface area contributed by atoms with Crippen molar-refractivity contribution in [3.05, 3.63) is 23.9 Å². The van der Waals surface area contributed by atoms with Crippen LogP contribution in [0.4, 0.5) is 0 Å². The molecule has 0 aliphatic carbocycles. The highest BCUT2D eigenvalue weighted by Crippen LogP contribution is 2.12. The van der Waals surface area contributed by atoms with Crippen LogP contribution in [0.2, 0.25) is 0 Å². The van der Waals surface area contributed by atoms with Gasteiger partial charge in [-0.1, -0.05) is 32.5 Å². The fourth-order valence-electron chi connectivity index (χ4n) is 1.45. The lowest BCUT2D eigenvalue weighted by Gasteiger charge is -2.11. The van der Waals surface area contributed by atoms with Crippen LogP contribution in [0, 0.1) is 5.92 Å². The van der Waals surface area contributed by atoms with Crippen LogP contribution in [0.3, 0.4) is 0 Å². The van der Waals surface area contributed by atoms with E-state index in [1.807, 2.05) is 0 Å². The zero-order chi connectivity index (χ0) is 12.0. The Morgan fingerprint density at radius 2 is 2.38 bits per heavy atom. The highest BCUT2D eigenvalue weighted by molar-refractivity contribution is 7.80. The highest BCUT2D eigenvalue weighted by atomic mass is 32.1. The molecule has 0 bridgehead atoms. The molecule has 0 spiro atoms. The van der Waals surface area contributed by atoms with Crippen LogP contribution >= 0.6 is 12.2 Å². The number of ether oxygens (including phenoxy) is 1.